The van der Waals surface area contributed by atoms with Crippen molar-refractivity contribution < 1.29 is 9.47 Å². The number of nitrogens with zero attached hydrogens (tertiary/aromatic N) is 1. The quantitative estimate of drug-likeness (QED) is 0.851. The number of hydrogen-bond donors (Lipinski definition) is 1. The van der Waals surface area contributed by atoms with Gasteiger partial charge < -0.3 is 14.8 Å². The number of methoxy groups -OCH3 is 2. The van der Waals surface area contributed by atoms with Crippen LogP contribution in [0.2, 0.25) is 0 Å². The van der Waals surface area contributed by atoms with E-state index in [4.69, 9.17) is 9.47 Å². The first-order valence-corrected chi connectivity index (χ1v) is 9.37. The van der Waals surface area contributed by atoms with E-state index in [0.29, 0.717) is 12.0 Å². The molecule has 0 radical (unpaired) electrons. The molecule has 0 spiro atoms. The highest BCUT2D eigenvalue weighted by Crippen LogP contribution is 2.30. The monoisotopic (exact) mass is 354 g/mol. The summed E-state index contributed by atoms with van der Waals surface area (Å²) in [5.41, 5.74) is 4.12. The molecule has 0 aliphatic carbocycles. The molecule has 4 heteroatoms. The van der Waals surface area contributed by atoms with Crippen molar-refractivity contribution >= 4 is 0 Å². The third kappa shape index (κ3) is 4.19. The van der Waals surface area contributed by atoms with Gasteiger partial charge in [0, 0.05) is 32.2 Å². The van der Waals surface area contributed by atoms with Gasteiger partial charge in [-0.2, -0.15) is 0 Å². The summed E-state index contributed by atoms with van der Waals surface area (Å²) in [7, 11) is 3.36. The van der Waals surface area contributed by atoms with Gasteiger partial charge in [0.05, 0.1) is 14.2 Å². The standard InChI is InChI=1S/C22H30N2O2/c1-16(2)18-7-5-6-8-19(18)20-15-24(12-11-23-20)14-17-9-10-21(25-3)22(13-17)26-4/h5-10,13,16,20,23H,11-12,14-15H2,1-4H3. The van der Waals surface area contributed by atoms with Crippen LogP contribution in [0.3, 0.4) is 0 Å². The Bertz CT molecular complexity index is 730. The summed E-state index contributed by atoms with van der Waals surface area (Å²) in [6, 6.07) is 15.4. The molecule has 26 heavy (non-hydrogen) atoms. The number of ether oxygens (including phenoxy) is 2. The van der Waals surface area contributed by atoms with Crippen LogP contribution >= 0.6 is 0 Å². The first-order valence-electron chi connectivity index (χ1n) is 9.37. The maximum atomic E-state index is 5.44. The molecule has 140 valence electrons. The summed E-state index contributed by atoms with van der Waals surface area (Å²) < 4.78 is 10.8. The minimum Gasteiger partial charge on any atom is -0.493 e. The fraction of sp³-hybridized carbons (Fsp3) is 0.455. The Kier molecular flexibility index (Phi) is 6.17. The maximum Gasteiger partial charge on any atom is 0.161 e. The molecule has 1 unspecified atom stereocenters. The molecule has 0 aromatic heterocycles. The molecule has 2 aromatic rings. The number of piperazine rings is 1. The molecule has 1 atom stereocenters. The Balaban J connectivity index is 1.73. The van der Waals surface area contributed by atoms with E-state index in [1.807, 2.05) is 6.07 Å². The van der Waals surface area contributed by atoms with E-state index in [1.54, 1.807) is 14.2 Å². The van der Waals surface area contributed by atoms with E-state index in [1.165, 1.54) is 16.7 Å². The highest BCUT2D eigenvalue weighted by molar-refractivity contribution is 5.43. The lowest BCUT2D eigenvalue weighted by Crippen LogP contribution is -2.45. The van der Waals surface area contributed by atoms with Gasteiger partial charge in [-0.25, -0.2) is 0 Å². The molecule has 1 aliphatic heterocycles. The average Bonchev–Trinajstić information content (AvgIpc) is 2.68. The molecule has 3 rings (SSSR count). The van der Waals surface area contributed by atoms with Crippen molar-refractivity contribution in [2.45, 2.75) is 32.4 Å². The second-order valence-corrected chi connectivity index (χ2v) is 7.21. The van der Waals surface area contributed by atoms with Crippen LogP contribution in [0.1, 0.15) is 42.5 Å². The smallest absolute Gasteiger partial charge is 0.161 e. The zero-order chi connectivity index (χ0) is 18.5. The fourth-order valence-electron chi connectivity index (χ4n) is 3.75. The predicted octanol–water partition coefficient (Wildman–Crippen LogP) is 3.97. The molecule has 1 saturated heterocycles. The van der Waals surface area contributed by atoms with Crippen molar-refractivity contribution in [1.29, 1.82) is 0 Å². The van der Waals surface area contributed by atoms with E-state index in [9.17, 15) is 0 Å². The summed E-state index contributed by atoms with van der Waals surface area (Å²) >= 11 is 0. The van der Waals surface area contributed by atoms with Gasteiger partial charge in [-0.05, 0) is 34.7 Å². The highest BCUT2D eigenvalue weighted by atomic mass is 16.5. The molecular weight excluding hydrogens is 324 g/mol. The topological polar surface area (TPSA) is 33.7 Å². The van der Waals surface area contributed by atoms with E-state index in [-0.39, 0.29) is 0 Å². The molecule has 4 nitrogen and oxygen atoms in total. The Morgan fingerprint density at radius 1 is 1.08 bits per heavy atom. The van der Waals surface area contributed by atoms with Gasteiger partial charge in [0.15, 0.2) is 11.5 Å². The zero-order valence-electron chi connectivity index (χ0n) is 16.3. The van der Waals surface area contributed by atoms with Crippen molar-refractivity contribution in [3.8, 4) is 11.5 Å². The highest BCUT2D eigenvalue weighted by Gasteiger charge is 2.23. The number of rotatable bonds is 6. The van der Waals surface area contributed by atoms with E-state index >= 15 is 0 Å². The minimum atomic E-state index is 0.377. The summed E-state index contributed by atoms with van der Waals surface area (Å²) in [6.07, 6.45) is 0. The van der Waals surface area contributed by atoms with E-state index in [0.717, 1.165) is 37.7 Å². The fourth-order valence-corrected chi connectivity index (χ4v) is 3.75. The van der Waals surface area contributed by atoms with Gasteiger partial charge >= 0.3 is 0 Å². The van der Waals surface area contributed by atoms with Gasteiger partial charge in [-0.3, -0.25) is 4.90 Å². The normalized spacial score (nSPS) is 18.1. The lowest BCUT2D eigenvalue weighted by atomic mass is 9.92. The summed E-state index contributed by atoms with van der Waals surface area (Å²) in [5.74, 6) is 2.11. The van der Waals surface area contributed by atoms with Crippen LogP contribution < -0.4 is 14.8 Å². The van der Waals surface area contributed by atoms with E-state index < -0.39 is 0 Å². The van der Waals surface area contributed by atoms with Crippen molar-refractivity contribution in [2.24, 2.45) is 0 Å². The molecule has 0 bridgehead atoms. The molecule has 1 N–H and O–H groups in total. The van der Waals surface area contributed by atoms with Crippen LogP contribution in [0.4, 0.5) is 0 Å². The molecule has 0 amide bonds. The Morgan fingerprint density at radius 3 is 2.58 bits per heavy atom. The number of benzene rings is 2. The maximum absolute atomic E-state index is 5.44. The van der Waals surface area contributed by atoms with Crippen LogP contribution in [-0.2, 0) is 6.54 Å². The summed E-state index contributed by atoms with van der Waals surface area (Å²) in [6.45, 7) is 8.52. The van der Waals surface area contributed by atoms with Crippen molar-refractivity contribution in [2.75, 3.05) is 33.9 Å². The number of nitrogens with one attached hydrogen (secondary N) is 1. The van der Waals surface area contributed by atoms with Crippen LogP contribution in [0.15, 0.2) is 42.5 Å². The van der Waals surface area contributed by atoms with Crippen LogP contribution in [0, 0.1) is 0 Å². The third-order valence-corrected chi connectivity index (χ3v) is 5.11. The first-order chi connectivity index (χ1) is 12.6. The average molecular weight is 354 g/mol. The first kappa shape index (κ1) is 18.7. The molecule has 2 aromatic carbocycles. The Hall–Kier alpha value is -2.04. The number of hydrogen-bond acceptors (Lipinski definition) is 4. The largest absolute Gasteiger partial charge is 0.493 e. The van der Waals surface area contributed by atoms with Crippen molar-refractivity contribution in [1.82, 2.24) is 10.2 Å². The minimum absolute atomic E-state index is 0.377. The van der Waals surface area contributed by atoms with Gasteiger partial charge in [-0.15, -0.1) is 0 Å². The molecule has 1 heterocycles. The van der Waals surface area contributed by atoms with Crippen LogP contribution in [0.5, 0.6) is 11.5 Å². The lowest BCUT2D eigenvalue weighted by molar-refractivity contribution is 0.192. The Labute approximate surface area is 157 Å². The van der Waals surface area contributed by atoms with Crippen LogP contribution in [0.25, 0.3) is 0 Å². The van der Waals surface area contributed by atoms with E-state index in [2.05, 4.69) is 60.5 Å². The Morgan fingerprint density at radius 2 is 1.85 bits per heavy atom. The molecule has 1 fully saturated rings. The van der Waals surface area contributed by atoms with Crippen molar-refractivity contribution in [3.05, 3.63) is 59.2 Å². The molecule has 0 saturated carbocycles. The molecular formula is C22H30N2O2. The van der Waals surface area contributed by atoms with Gasteiger partial charge in [0.1, 0.15) is 0 Å². The predicted molar refractivity (Wildman–Crippen MR) is 106 cm³/mol. The molecule has 1 aliphatic rings. The SMILES string of the molecule is COc1ccc(CN2CCNC(c3ccccc3C(C)C)C2)cc1OC. The summed E-state index contributed by atoms with van der Waals surface area (Å²) in [4.78, 5) is 2.51. The summed E-state index contributed by atoms with van der Waals surface area (Å²) in [5, 5.41) is 3.70. The van der Waals surface area contributed by atoms with Crippen LogP contribution in [-0.4, -0.2) is 38.8 Å². The lowest BCUT2D eigenvalue weighted by Gasteiger charge is -2.35. The second kappa shape index (κ2) is 8.56. The van der Waals surface area contributed by atoms with Gasteiger partial charge in [0.2, 0.25) is 0 Å². The van der Waals surface area contributed by atoms with Crippen molar-refractivity contribution in [3.63, 3.8) is 0 Å². The zero-order valence-corrected chi connectivity index (χ0v) is 16.3. The van der Waals surface area contributed by atoms with Gasteiger partial charge in [0.25, 0.3) is 0 Å². The third-order valence-electron chi connectivity index (χ3n) is 5.11. The van der Waals surface area contributed by atoms with Gasteiger partial charge in [-0.1, -0.05) is 44.2 Å². The second-order valence-electron chi connectivity index (χ2n) is 7.21.